The maximum absolute atomic E-state index is 12.6. The molecule has 7 heteroatoms. The molecule has 0 aliphatic carbocycles. The molecule has 3 aromatic rings. The highest BCUT2D eigenvalue weighted by Crippen LogP contribution is 2.23. The van der Waals surface area contributed by atoms with Gasteiger partial charge in [0.15, 0.2) is 0 Å². The predicted molar refractivity (Wildman–Crippen MR) is 122 cm³/mol. The molecule has 0 heterocycles. The molecule has 7 nitrogen and oxygen atoms in total. The molecule has 0 fully saturated rings. The smallest absolute Gasteiger partial charge is 0.269 e. The summed E-state index contributed by atoms with van der Waals surface area (Å²) in [5, 5.41) is 23.2. The van der Waals surface area contributed by atoms with Crippen molar-refractivity contribution in [3.05, 3.63) is 105 Å². The number of hydrogen-bond acceptors (Lipinski definition) is 5. The molecule has 0 bridgehead atoms. The molecular weight excluding hydrogens is 406 g/mol. The van der Waals surface area contributed by atoms with Gasteiger partial charge in [0.2, 0.25) is 0 Å². The van der Waals surface area contributed by atoms with Crippen molar-refractivity contribution >= 4 is 23.4 Å². The lowest BCUT2D eigenvalue weighted by Gasteiger charge is -2.10. The zero-order valence-electron chi connectivity index (χ0n) is 17.4. The van der Waals surface area contributed by atoms with Gasteiger partial charge in [-0.2, -0.15) is 5.26 Å². The zero-order valence-corrected chi connectivity index (χ0v) is 17.4. The Balaban J connectivity index is 1.76. The van der Waals surface area contributed by atoms with Crippen LogP contribution >= 0.6 is 0 Å². The summed E-state index contributed by atoms with van der Waals surface area (Å²) in [4.78, 5) is 23.1. The van der Waals surface area contributed by atoms with Crippen molar-refractivity contribution in [2.24, 2.45) is 0 Å². The third-order valence-corrected chi connectivity index (χ3v) is 4.72. The second-order valence-electron chi connectivity index (χ2n) is 6.93. The quantitative estimate of drug-likeness (QED) is 0.228. The number of nitriles is 1. The Bertz CT molecular complexity index is 1190. The van der Waals surface area contributed by atoms with E-state index in [9.17, 15) is 20.2 Å². The number of anilines is 1. The Labute approximate surface area is 185 Å². The van der Waals surface area contributed by atoms with Crippen LogP contribution in [0.1, 0.15) is 23.6 Å². The summed E-state index contributed by atoms with van der Waals surface area (Å²) < 4.78 is 5.82. The topological polar surface area (TPSA) is 105 Å². The van der Waals surface area contributed by atoms with Gasteiger partial charge in [-0.3, -0.25) is 14.9 Å². The average Bonchev–Trinajstić information content (AvgIpc) is 2.82. The highest BCUT2D eigenvalue weighted by Gasteiger charge is 2.12. The van der Waals surface area contributed by atoms with Crippen LogP contribution in [0.25, 0.3) is 6.08 Å². The lowest BCUT2D eigenvalue weighted by atomic mass is 10.1. The number of nitrogens with one attached hydrogen (secondary N) is 1. The number of carbonyl (C=O) groups is 1. The van der Waals surface area contributed by atoms with Crippen LogP contribution in [0.4, 0.5) is 11.4 Å². The number of nitro groups is 1. The fraction of sp³-hybridized carbons (Fsp3) is 0.120. The van der Waals surface area contributed by atoms with Crippen LogP contribution in [0.15, 0.2) is 78.4 Å². The van der Waals surface area contributed by atoms with Gasteiger partial charge in [-0.1, -0.05) is 49.4 Å². The summed E-state index contributed by atoms with van der Waals surface area (Å²) in [5.74, 6) is -0.0721. The van der Waals surface area contributed by atoms with Gasteiger partial charge in [0.25, 0.3) is 11.6 Å². The number of non-ortho nitro benzene ring substituents is 1. The van der Waals surface area contributed by atoms with E-state index >= 15 is 0 Å². The first-order valence-corrected chi connectivity index (χ1v) is 9.97. The summed E-state index contributed by atoms with van der Waals surface area (Å²) in [7, 11) is 0. The Morgan fingerprint density at radius 1 is 1.09 bits per heavy atom. The summed E-state index contributed by atoms with van der Waals surface area (Å²) in [6.07, 6.45) is 2.35. The molecule has 0 saturated heterocycles. The number of carbonyl (C=O) groups excluding carboxylic acids is 1. The van der Waals surface area contributed by atoms with E-state index in [-0.39, 0.29) is 17.9 Å². The van der Waals surface area contributed by atoms with Crippen molar-refractivity contribution in [1.29, 1.82) is 5.26 Å². The summed E-state index contributed by atoms with van der Waals surface area (Å²) in [6, 6.07) is 22.5. The molecule has 3 rings (SSSR count). The molecule has 0 aliphatic heterocycles. The molecule has 0 radical (unpaired) electrons. The molecule has 1 amide bonds. The Hall–Kier alpha value is -4.44. The molecule has 3 aromatic carbocycles. The molecule has 0 unspecified atom stereocenters. The SMILES string of the molecule is CCc1ccc(NC(=O)/C(C#N)=C/c2ccccc2OCc2cccc([N+](=O)[O-])c2)cc1. The second kappa shape index (κ2) is 10.5. The van der Waals surface area contributed by atoms with Gasteiger partial charge in [0.1, 0.15) is 24.0 Å². The molecular formula is C25H21N3O4. The van der Waals surface area contributed by atoms with Gasteiger partial charge in [0, 0.05) is 23.4 Å². The molecule has 0 aromatic heterocycles. The minimum atomic E-state index is -0.523. The summed E-state index contributed by atoms with van der Waals surface area (Å²) in [6.45, 7) is 2.15. The fourth-order valence-electron chi connectivity index (χ4n) is 2.98. The van der Waals surface area contributed by atoms with Crippen molar-refractivity contribution in [2.75, 3.05) is 5.32 Å². The predicted octanol–water partition coefficient (Wildman–Crippen LogP) is 5.28. The van der Waals surface area contributed by atoms with E-state index in [1.807, 2.05) is 25.1 Å². The van der Waals surface area contributed by atoms with Crippen molar-refractivity contribution in [2.45, 2.75) is 20.0 Å². The van der Waals surface area contributed by atoms with E-state index in [0.717, 1.165) is 12.0 Å². The van der Waals surface area contributed by atoms with Crippen molar-refractivity contribution < 1.29 is 14.5 Å². The van der Waals surface area contributed by atoms with Gasteiger partial charge < -0.3 is 10.1 Å². The first-order valence-electron chi connectivity index (χ1n) is 9.97. The van der Waals surface area contributed by atoms with Crippen LogP contribution in [0.2, 0.25) is 0 Å². The normalized spacial score (nSPS) is 10.8. The Morgan fingerprint density at radius 2 is 1.84 bits per heavy atom. The lowest BCUT2D eigenvalue weighted by Crippen LogP contribution is -2.13. The number of amides is 1. The van der Waals surface area contributed by atoms with E-state index in [4.69, 9.17) is 4.74 Å². The molecule has 0 aliphatic rings. The number of aryl methyl sites for hydroxylation is 1. The summed E-state index contributed by atoms with van der Waals surface area (Å²) >= 11 is 0. The molecule has 0 spiro atoms. The number of para-hydroxylation sites is 1. The van der Waals surface area contributed by atoms with E-state index < -0.39 is 10.8 Å². The average molecular weight is 427 g/mol. The van der Waals surface area contributed by atoms with Crippen molar-refractivity contribution in [1.82, 2.24) is 0 Å². The van der Waals surface area contributed by atoms with Gasteiger partial charge in [0.05, 0.1) is 4.92 Å². The maximum atomic E-state index is 12.6. The third-order valence-electron chi connectivity index (χ3n) is 4.72. The Morgan fingerprint density at radius 3 is 2.53 bits per heavy atom. The highest BCUT2D eigenvalue weighted by molar-refractivity contribution is 6.09. The standard InChI is InChI=1S/C25H21N3O4/c1-2-18-10-12-22(13-11-18)27-25(29)21(16-26)15-20-7-3-4-9-24(20)32-17-19-6-5-8-23(14-19)28(30)31/h3-15H,2,17H2,1H3,(H,27,29)/b21-15+. The van der Waals surface area contributed by atoms with Crippen LogP contribution in [0, 0.1) is 21.4 Å². The van der Waals surface area contributed by atoms with Crippen LogP contribution in [-0.4, -0.2) is 10.8 Å². The minimum Gasteiger partial charge on any atom is -0.488 e. The van der Waals surface area contributed by atoms with Crippen LogP contribution in [-0.2, 0) is 17.8 Å². The van der Waals surface area contributed by atoms with Crippen LogP contribution < -0.4 is 10.1 Å². The van der Waals surface area contributed by atoms with Crippen LogP contribution in [0.3, 0.4) is 0 Å². The van der Waals surface area contributed by atoms with E-state index in [1.165, 1.54) is 18.2 Å². The molecule has 32 heavy (non-hydrogen) atoms. The monoisotopic (exact) mass is 427 g/mol. The highest BCUT2D eigenvalue weighted by atomic mass is 16.6. The molecule has 1 N–H and O–H groups in total. The molecule has 0 atom stereocenters. The zero-order chi connectivity index (χ0) is 22.9. The maximum Gasteiger partial charge on any atom is 0.269 e. The van der Waals surface area contributed by atoms with Crippen molar-refractivity contribution in [3.8, 4) is 11.8 Å². The number of hydrogen-bond donors (Lipinski definition) is 1. The van der Waals surface area contributed by atoms with Gasteiger partial charge in [-0.15, -0.1) is 0 Å². The van der Waals surface area contributed by atoms with Gasteiger partial charge in [-0.25, -0.2) is 0 Å². The first-order chi connectivity index (χ1) is 15.5. The van der Waals surface area contributed by atoms with E-state index in [2.05, 4.69) is 5.32 Å². The fourth-order valence-corrected chi connectivity index (χ4v) is 2.98. The Kier molecular flexibility index (Phi) is 7.33. The number of nitrogens with zero attached hydrogens (tertiary/aromatic N) is 2. The number of nitro benzene ring substituents is 1. The molecule has 0 saturated carbocycles. The number of rotatable bonds is 8. The largest absolute Gasteiger partial charge is 0.488 e. The van der Waals surface area contributed by atoms with E-state index in [1.54, 1.807) is 48.5 Å². The second-order valence-corrected chi connectivity index (χ2v) is 6.93. The number of ether oxygens (including phenoxy) is 1. The molecule has 160 valence electrons. The lowest BCUT2D eigenvalue weighted by molar-refractivity contribution is -0.384. The van der Waals surface area contributed by atoms with Gasteiger partial charge >= 0.3 is 0 Å². The van der Waals surface area contributed by atoms with Gasteiger partial charge in [-0.05, 0) is 41.8 Å². The third kappa shape index (κ3) is 5.80. The summed E-state index contributed by atoms with van der Waals surface area (Å²) in [5.41, 5.74) is 2.83. The minimum absolute atomic E-state index is 0.0188. The van der Waals surface area contributed by atoms with Crippen LogP contribution in [0.5, 0.6) is 5.75 Å². The van der Waals surface area contributed by atoms with E-state index in [0.29, 0.717) is 22.6 Å². The first kappa shape index (κ1) is 22.2. The van der Waals surface area contributed by atoms with Crippen molar-refractivity contribution in [3.63, 3.8) is 0 Å². The number of benzene rings is 3.